The molecule has 0 radical (unpaired) electrons. The first-order valence-electron chi connectivity index (χ1n) is 7.00. The maximum Gasteiger partial charge on any atom is 0.416 e. The molecule has 2 aromatic rings. The van der Waals surface area contributed by atoms with E-state index in [4.69, 9.17) is 4.74 Å². The second-order valence-electron chi connectivity index (χ2n) is 5.33. The molecule has 0 aromatic heterocycles. The molecule has 0 N–H and O–H groups in total. The van der Waals surface area contributed by atoms with Gasteiger partial charge in [-0.3, -0.25) is 4.79 Å². The fourth-order valence-corrected chi connectivity index (χ4v) is 2.79. The second-order valence-corrected chi connectivity index (χ2v) is 5.33. The number of amides is 1. The summed E-state index contributed by atoms with van der Waals surface area (Å²) < 4.78 is 45.0. The van der Waals surface area contributed by atoms with Crippen molar-refractivity contribution in [2.45, 2.75) is 19.3 Å². The van der Waals surface area contributed by atoms with Crippen LogP contribution in [0.25, 0.3) is 0 Å². The summed E-state index contributed by atoms with van der Waals surface area (Å²) in [7, 11) is 1.40. The lowest BCUT2D eigenvalue weighted by molar-refractivity contribution is -0.138. The number of benzene rings is 2. The molecule has 0 saturated carbocycles. The molecular weight excluding hydrogens is 307 g/mol. The third kappa shape index (κ3) is 2.82. The van der Waals surface area contributed by atoms with Crippen molar-refractivity contribution in [2.75, 3.05) is 12.0 Å². The predicted octanol–water partition coefficient (Wildman–Crippen LogP) is 4.01. The number of nitrogens with zero attached hydrogens (tertiary/aromatic N) is 1. The van der Waals surface area contributed by atoms with Gasteiger partial charge in [-0.15, -0.1) is 0 Å². The van der Waals surface area contributed by atoms with Gasteiger partial charge in [0.1, 0.15) is 0 Å². The van der Waals surface area contributed by atoms with Gasteiger partial charge in [0.25, 0.3) is 5.91 Å². The van der Waals surface area contributed by atoms with Crippen molar-refractivity contribution in [3.63, 3.8) is 0 Å². The Morgan fingerprint density at radius 2 is 1.87 bits per heavy atom. The van der Waals surface area contributed by atoms with Gasteiger partial charge in [0.05, 0.1) is 18.7 Å². The van der Waals surface area contributed by atoms with Gasteiger partial charge in [0, 0.05) is 18.4 Å². The van der Waals surface area contributed by atoms with Crippen LogP contribution in [0.1, 0.15) is 27.0 Å². The topological polar surface area (TPSA) is 29.5 Å². The molecule has 2 aromatic carbocycles. The molecule has 0 saturated heterocycles. The Balaban J connectivity index is 2.10. The van der Waals surface area contributed by atoms with Crippen LogP contribution in [0.2, 0.25) is 0 Å². The number of rotatable bonds is 3. The van der Waals surface area contributed by atoms with Crippen molar-refractivity contribution in [1.82, 2.24) is 0 Å². The van der Waals surface area contributed by atoms with Crippen LogP contribution in [0, 0.1) is 0 Å². The average molecular weight is 321 g/mol. The van der Waals surface area contributed by atoms with E-state index >= 15 is 0 Å². The molecule has 3 nitrogen and oxygen atoms in total. The van der Waals surface area contributed by atoms with E-state index in [9.17, 15) is 18.0 Å². The van der Waals surface area contributed by atoms with Crippen molar-refractivity contribution in [3.8, 4) is 0 Å². The summed E-state index contributed by atoms with van der Waals surface area (Å²) in [5.41, 5.74) is 0.257. The van der Waals surface area contributed by atoms with Gasteiger partial charge in [-0.2, -0.15) is 13.2 Å². The lowest BCUT2D eigenvalue weighted by atomic mass is 9.99. The zero-order valence-corrected chi connectivity index (χ0v) is 12.4. The highest BCUT2D eigenvalue weighted by molar-refractivity contribution is 6.10. The molecular formula is C17H14F3NO2. The molecule has 1 aliphatic heterocycles. The number of methoxy groups -OCH3 is 1. The summed E-state index contributed by atoms with van der Waals surface area (Å²) in [6, 6.07) is 11.2. The van der Waals surface area contributed by atoms with Gasteiger partial charge in [-0.25, -0.2) is 0 Å². The molecule has 1 aliphatic rings. The standard InChI is InChI=1S/C17H14F3NO2/c1-23-10-11-7-13-14(15(8-11)17(18,19)20)9-21(16(13)22)12-5-3-2-4-6-12/h2-8H,9-10H2,1H3. The Bertz CT molecular complexity index is 741. The third-order valence-corrected chi connectivity index (χ3v) is 3.79. The summed E-state index contributed by atoms with van der Waals surface area (Å²) >= 11 is 0. The van der Waals surface area contributed by atoms with E-state index < -0.39 is 17.6 Å². The molecule has 0 fully saturated rings. The van der Waals surface area contributed by atoms with E-state index in [0.29, 0.717) is 11.3 Å². The first kappa shape index (κ1) is 15.6. The van der Waals surface area contributed by atoms with Crippen LogP contribution in [-0.2, 0) is 24.1 Å². The summed E-state index contributed by atoms with van der Waals surface area (Å²) in [4.78, 5) is 13.9. The molecule has 0 atom stereocenters. The minimum absolute atomic E-state index is 0.0196. The van der Waals surface area contributed by atoms with Crippen molar-refractivity contribution in [2.24, 2.45) is 0 Å². The number of para-hydroxylation sites is 1. The molecule has 0 spiro atoms. The van der Waals surface area contributed by atoms with Gasteiger partial charge in [0.15, 0.2) is 0 Å². The zero-order valence-electron chi connectivity index (χ0n) is 12.4. The second kappa shape index (κ2) is 5.70. The summed E-state index contributed by atoms with van der Waals surface area (Å²) in [6.45, 7) is -0.0603. The van der Waals surface area contributed by atoms with Crippen LogP contribution < -0.4 is 4.90 Å². The first-order valence-corrected chi connectivity index (χ1v) is 7.00. The minimum atomic E-state index is -4.51. The molecule has 120 valence electrons. The van der Waals surface area contributed by atoms with Crippen LogP contribution in [-0.4, -0.2) is 13.0 Å². The lowest BCUT2D eigenvalue weighted by Crippen LogP contribution is -2.22. The van der Waals surface area contributed by atoms with E-state index in [1.807, 2.05) is 0 Å². The van der Waals surface area contributed by atoms with Gasteiger partial charge >= 0.3 is 6.18 Å². The molecule has 23 heavy (non-hydrogen) atoms. The number of anilines is 1. The number of ether oxygens (including phenoxy) is 1. The van der Waals surface area contributed by atoms with Gasteiger partial charge in [0.2, 0.25) is 0 Å². The zero-order chi connectivity index (χ0) is 16.6. The van der Waals surface area contributed by atoms with Gasteiger partial charge in [-0.05, 0) is 35.4 Å². The monoisotopic (exact) mass is 321 g/mol. The molecule has 0 unspecified atom stereocenters. The van der Waals surface area contributed by atoms with Crippen molar-refractivity contribution >= 4 is 11.6 Å². The molecule has 1 amide bonds. The number of fused-ring (bicyclic) bond motifs is 1. The molecule has 0 bridgehead atoms. The summed E-state index contributed by atoms with van der Waals surface area (Å²) in [5.74, 6) is -0.422. The quantitative estimate of drug-likeness (QED) is 0.855. The summed E-state index contributed by atoms with van der Waals surface area (Å²) in [5, 5.41) is 0. The first-order chi connectivity index (χ1) is 10.9. The molecule has 3 rings (SSSR count). The van der Waals surface area contributed by atoms with E-state index in [-0.39, 0.29) is 24.3 Å². The minimum Gasteiger partial charge on any atom is -0.380 e. The smallest absolute Gasteiger partial charge is 0.380 e. The fourth-order valence-electron chi connectivity index (χ4n) is 2.79. The van der Waals surface area contributed by atoms with Crippen molar-refractivity contribution in [3.05, 3.63) is 64.7 Å². The number of alkyl halides is 3. The van der Waals surface area contributed by atoms with Crippen LogP contribution in [0.5, 0.6) is 0 Å². The Labute approximate surface area is 131 Å². The largest absolute Gasteiger partial charge is 0.416 e. The number of carbonyl (C=O) groups excluding carboxylic acids is 1. The van der Waals surface area contributed by atoms with Crippen molar-refractivity contribution in [1.29, 1.82) is 0 Å². The molecule has 0 aliphatic carbocycles. The maximum atomic E-state index is 13.3. The van der Waals surface area contributed by atoms with E-state index in [2.05, 4.69) is 0 Å². The Morgan fingerprint density at radius 3 is 2.48 bits per heavy atom. The van der Waals surface area contributed by atoms with Gasteiger partial charge in [-0.1, -0.05) is 18.2 Å². The molecule has 6 heteroatoms. The van der Waals surface area contributed by atoms with Gasteiger partial charge < -0.3 is 9.64 Å². The number of halogens is 3. The number of carbonyl (C=O) groups is 1. The third-order valence-electron chi connectivity index (χ3n) is 3.79. The number of hydrogen-bond acceptors (Lipinski definition) is 2. The van der Waals surface area contributed by atoms with Crippen LogP contribution in [0.3, 0.4) is 0 Å². The number of hydrogen-bond donors (Lipinski definition) is 0. The van der Waals surface area contributed by atoms with Crippen LogP contribution >= 0.6 is 0 Å². The molecule has 1 heterocycles. The fraction of sp³-hybridized carbons (Fsp3) is 0.235. The van der Waals surface area contributed by atoms with Crippen molar-refractivity contribution < 1.29 is 22.7 Å². The average Bonchev–Trinajstić information content (AvgIpc) is 2.84. The van der Waals surface area contributed by atoms with E-state index in [1.54, 1.807) is 30.3 Å². The predicted molar refractivity (Wildman–Crippen MR) is 79.1 cm³/mol. The lowest BCUT2D eigenvalue weighted by Gasteiger charge is -2.16. The highest BCUT2D eigenvalue weighted by atomic mass is 19.4. The Hall–Kier alpha value is -2.34. The van der Waals surface area contributed by atoms with Crippen LogP contribution in [0.15, 0.2) is 42.5 Å². The highest BCUT2D eigenvalue weighted by Gasteiger charge is 2.40. The maximum absolute atomic E-state index is 13.3. The van der Waals surface area contributed by atoms with E-state index in [0.717, 1.165) is 6.07 Å². The normalized spacial score (nSPS) is 14.3. The van der Waals surface area contributed by atoms with Crippen LogP contribution in [0.4, 0.5) is 18.9 Å². The summed E-state index contributed by atoms with van der Waals surface area (Å²) in [6.07, 6.45) is -4.51. The Morgan fingerprint density at radius 1 is 1.17 bits per heavy atom. The van der Waals surface area contributed by atoms with E-state index in [1.165, 1.54) is 18.1 Å². The highest BCUT2D eigenvalue weighted by Crippen LogP contribution is 2.39. The SMILES string of the molecule is COCc1cc2c(c(C(F)(F)F)c1)CN(c1ccccc1)C2=O. The Kier molecular flexibility index (Phi) is 3.85.